The van der Waals surface area contributed by atoms with Crippen LogP contribution in [0.2, 0.25) is 0 Å². The number of hydrogen-bond acceptors (Lipinski definition) is 8. The topological polar surface area (TPSA) is 87.2 Å². The van der Waals surface area contributed by atoms with Gasteiger partial charge in [-0.05, 0) is 64.7 Å². The Hall–Kier alpha value is -3.16. The lowest BCUT2D eigenvalue weighted by atomic mass is 9.78. The number of benzene rings is 1. The molecule has 0 saturated carbocycles. The van der Waals surface area contributed by atoms with Gasteiger partial charge >= 0.3 is 7.12 Å². The van der Waals surface area contributed by atoms with Gasteiger partial charge in [-0.15, -0.1) is 0 Å². The number of nitrogens with zero attached hydrogens (tertiary/aromatic N) is 4. The van der Waals surface area contributed by atoms with Gasteiger partial charge in [0, 0.05) is 63.4 Å². The van der Waals surface area contributed by atoms with E-state index in [0.717, 1.165) is 12.8 Å². The lowest BCUT2D eigenvalue weighted by molar-refractivity contribution is -0.134. The normalized spacial score (nSPS) is 24.6. The number of carbonyl (C=O) groups is 2. The van der Waals surface area contributed by atoms with Gasteiger partial charge in [0.25, 0.3) is 0 Å². The van der Waals surface area contributed by atoms with Crippen molar-refractivity contribution >= 4 is 35.9 Å². The van der Waals surface area contributed by atoms with Crippen LogP contribution < -0.4 is 20.6 Å². The fraction of sp³-hybridized carbons (Fsp3) is 0.581. The van der Waals surface area contributed by atoms with E-state index in [2.05, 4.69) is 15.2 Å². The highest BCUT2D eigenvalue weighted by Gasteiger charge is 2.52. The Labute approximate surface area is 256 Å². The summed E-state index contributed by atoms with van der Waals surface area (Å²) >= 11 is 0. The first-order valence-corrected chi connectivity index (χ1v) is 15.4. The van der Waals surface area contributed by atoms with Crippen LogP contribution in [0.15, 0.2) is 24.4 Å². The zero-order valence-corrected chi connectivity index (χ0v) is 25.7. The summed E-state index contributed by atoms with van der Waals surface area (Å²) in [6, 6.07) is 4.83. The SMILES string of the molecule is CC1(C)OB(c2ccc(N3CCN(C4CCN(c5ncc(C6CCC(=O)NC6=O)cc5F)CC4)CC3)c(F)c2F)OC1(C)C. The van der Waals surface area contributed by atoms with Gasteiger partial charge in [-0.3, -0.25) is 19.8 Å². The van der Waals surface area contributed by atoms with Crippen molar-refractivity contribution in [2.45, 2.75) is 76.5 Å². The maximum absolute atomic E-state index is 15.3. The highest BCUT2D eigenvalue weighted by atomic mass is 19.2. The Balaban J connectivity index is 1.03. The fourth-order valence-electron chi connectivity index (χ4n) is 6.60. The Bertz CT molecular complexity index is 1430. The number of imide groups is 1. The number of halogens is 3. The second-order valence-electron chi connectivity index (χ2n) is 13.2. The number of hydrogen-bond donors (Lipinski definition) is 1. The van der Waals surface area contributed by atoms with E-state index >= 15 is 13.2 Å². The summed E-state index contributed by atoms with van der Waals surface area (Å²) in [4.78, 5) is 34.2. The fourth-order valence-corrected chi connectivity index (χ4v) is 6.60. The molecule has 44 heavy (non-hydrogen) atoms. The van der Waals surface area contributed by atoms with Crippen LogP contribution in [0.4, 0.5) is 24.7 Å². The van der Waals surface area contributed by atoms with Crippen molar-refractivity contribution in [3.8, 4) is 0 Å². The molecular weight excluding hydrogens is 574 g/mol. The van der Waals surface area contributed by atoms with Gasteiger partial charge in [-0.2, -0.15) is 0 Å². The number of rotatable bonds is 5. The Kier molecular flexibility index (Phi) is 8.17. The molecule has 4 aliphatic rings. The van der Waals surface area contributed by atoms with E-state index in [1.54, 1.807) is 12.1 Å². The van der Waals surface area contributed by atoms with Gasteiger partial charge in [-0.25, -0.2) is 18.2 Å². The Morgan fingerprint density at radius 2 is 1.55 bits per heavy atom. The molecule has 2 aromatic rings. The minimum atomic E-state index is -0.974. The molecule has 6 rings (SSSR count). The molecule has 1 N–H and O–H groups in total. The minimum absolute atomic E-state index is 0.0619. The quantitative estimate of drug-likeness (QED) is 0.407. The van der Waals surface area contributed by atoms with Crippen LogP contribution in [0, 0.1) is 17.5 Å². The summed E-state index contributed by atoms with van der Waals surface area (Å²) in [5, 5.41) is 2.31. The van der Waals surface area contributed by atoms with Crippen molar-refractivity contribution < 1.29 is 32.1 Å². The average molecular weight is 613 g/mol. The standard InChI is InChI=1S/C31H39BF3N5O4/c1-30(2)31(3,4)44-32(43-30)22-6-7-24(27(35)26(22)34)39-15-13-38(14-16-39)20-9-11-40(12-10-20)28-23(33)17-19(18-36-28)21-5-8-25(41)37-29(21)42/h6-7,17-18,20-21H,5,8-16H2,1-4H3,(H,37,41,42). The van der Waals surface area contributed by atoms with E-state index in [0.29, 0.717) is 57.3 Å². The number of amides is 2. The van der Waals surface area contributed by atoms with Gasteiger partial charge in [0.15, 0.2) is 23.3 Å². The average Bonchev–Trinajstić information content (AvgIpc) is 3.20. The summed E-state index contributed by atoms with van der Waals surface area (Å²) < 4.78 is 57.5. The van der Waals surface area contributed by atoms with Gasteiger partial charge in [0.05, 0.1) is 22.8 Å². The Morgan fingerprint density at radius 3 is 2.16 bits per heavy atom. The van der Waals surface area contributed by atoms with Crippen molar-refractivity contribution in [1.29, 1.82) is 0 Å². The second kappa shape index (κ2) is 11.6. The van der Waals surface area contributed by atoms with Crippen LogP contribution in [0.1, 0.15) is 64.9 Å². The van der Waals surface area contributed by atoms with E-state index in [1.165, 1.54) is 12.3 Å². The molecule has 0 spiro atoms. The summed E-state index contributed by atoms with van der Waals surface area (Å²) in [6.45, 7) is 11.3. The molecule has 0 radical (unpaired) electrons. The van der Waals surface area contributed by atoms with Crippen LogP contribution in [0.3, 0.4) is 0 Å². The van der Waals surface area contributed by atoms with Crippen molar-refractivity contribution in [1.82, 2.24) is 15.2 Å². The van der Waals surface area contributed by atoms with E-state index in [9.17, 15) is 9.59 Å². The van der Waals surface area contributed by atoms with E-state index < -0.39 is 47.6 Å². The minimum Gasteiger partial charge on any atom is -0.399 e. The molecule has 1 aromatic heterocycles. The molecule has 13 heteroatoms. The summed E-state index contributed by atoms with van der Waals surface area (Å²) in [5.74, 6) is -3.34. The van der Waals surface area contributed by atoms with E-state index in [-0.39, 0.29) is 29.3 Å². The number of pyridine rings is 1. The maximum Gasteiger partial charge on any atom is 0.497 e. The van der Waals surface area contributed by atoms with E-state index in [4.69, 9.17) is 9.31 Å². The van der Waals surface area contributed by atoms with Gasteiger partial charge in [0.2, 0.25) is 11.8 Å². The third kappa shape index (κ3) is 5.69. The monoisotopic (exact) mass is 613 g/mol. The van der Waals surface area contributed by atoms with E-state index in [1.807, 2.05) is 37.5 Å². The molecule has 9 nitrogen and oxygen atoms in total. The second-order valence-corrected chi connectivity index (χ2v) is 13.2. The third-order valence-corrected chi connectivity index (χ3v) is 10.0. The van der Waals surface area contributed by atoms with Crippen molar-refractivity contribution in [3.63, 3.8) is 0 Å². The number of anilines is 2. The zero-order chi connectivity index (χ0) is 31.4. The molecule has 2 amide bonds. The first kappa shape index (κ1) is 30.9. The van der Waals surface area contributed by atoms with Crippen LogP contribution in [-0.4, -0.2) is 85.3 Å². The molecule has 4 aliphatic heterocycles. The van der Waals surface area contributed by atoms with Gasteiger partial charge < -0.3 is 19.1 Å². The largest absolute Gasteiger partial charge is 0.497 e. The highest BCUT2D eigenvalue weighted by molar-refractivity contribution is 6.62. The zero-order valence-electron chi connectivity index (χ0n) is 25.7. The predicted octanol–water partition coefficient (Wildman–Crippen LogP) is 3.11. The molecule has 1 aromatic carbocycles. The predicted molar refractivity (Wildman–Crippen MR) is 160 cm³/mol. The van der Waals surface area contributed by atoms with Crippen molar-refractivity contribution in [2.24, 2.45) is 0 Å². The molecule has 0 bridgehead atoms. The number of piperazine rings is 1. The molecule has 4 saturated heterocycles. The van der Waals surface area contributed by atoms with Gasteiger partial charge in [0.1, 0.15) is 0 Å². The number of nitrogens with one attached hydrogen (secondary N) is 1. The summed E-state index contributed by atoms with van der Waals surface area (Å²) in [6.07, 6.45) is 3.75. The van der Waals surface area contributed by atoms with Crippen LogP contribution >= 0.6 is 0 Å². The van der Waals surface area contributed by atoms with Crippen molar-refractivity contribution in [2.75, 3.05) is 49.1 Å². The number of aromatic nitrogens is 1. The molecule has 1 atom stereocenters. The third-order valence-electron chi connectivity index (χ3n) is 10.0. The Morgan fingerprint density at radius 1 is 0.886 bits per heavy atom. The lowest BCUT2D eigenvalue weighted by Gasteiger charge is -2.43. The number of carbonyl (C=O) groups excluding carboxylic acids is 2. The molecule has 0 aliphatic carbocycles. The lowest BCUT2D eigenvalue weighted by Crippen LogP contribution is -2.53. The maximum atomic E-state index is 15.3. The molecule has 236 valence electrons. The first-order chi connectivity index (χ1) is 20.8. The highest BCUT2D eigenvalue weighted by Crippen LogP contribution is 2.37. The van der Waals surface area contributed by atoms with Gasteiger partial charge in [-0.1, -0.05) is 6.07 Å². The number of piperidine rings is 2. The smallest absolute Gasteiger partial charge is 0.399 e. The van der Waals surface area contributed by atoms with Crippen LogP contribution in [0.25, 0.3) is 0 Å². The summed E-state index contributed by atoms with van der Waals surface area (Å²) in [5.41, 5.74) is -0.535. The molecule has 1 unspecified atom stereocenters. The van der Waals surface area contributed by atoms with Crippen LogP contribution in [-0.2, 0) is 18.9 Å². The molecular formula is C31H39BF3N5O4. The van der Waals surface area contributed by atoms with Crippen molar-refractivity contribution in [3.05, 3.63) is 47.4 Å². The molecule has 5 heterocycles. The van der Waals surface area contributed by atoms with Crippen LogP contribution in [0.5, 0.6) is 0 Å². The first-order valence-electron chi connectivity index (χ1n) is 15.4. The molecule has 4 fully saturated rings. The summed E-state index contributed by atoms with van der Waals surface area (Å²) in [7, 11) is -0.974.